The number of hydrogen-bond donors (Lipinski definition) is 1. The van der Waals surface area contributed by atoms with Crippen molar-refractivity contribution in [2.45, 2.75) is 40.0 Å². The van der Waals surface area contributed by atoms with Crippen LogP contribution in [0.4, 0.5) is 0 Å². The van der Waals surface area contributed by atoms with Crippen molar-refractivity contribution in [3.8, 4) is 11.5 Å². The molecule has 1 N–H and O–H groups in total. The third-order valence-electron chi connectivity index (χ3n) is 4.20. The first-order chi connectivity index (χ1) is 9.58. The van der Waals surface area contributed by atoms with Gasteiger partial charge in [0.25, 0.3) is 0 Å². The molecule has 1 aromatic carbocycles. The normalized spacial score (nSPS) is 17.9. The number of rotatable bonds is 5. The van der Waals surface area contributed by atoms with Crippen LogP contribution in [0.1, 0.15) is 43.9 Å². The third kappa shape index (κ3) is 2.82. The van der Waals surface area contributed by atoms with Gasteiger partial charge in [-0.25, -0.2) is 0 Å². The van der Waals surface area contributed by atoms with Gasteiger partial charge in [0.15, 0.2) is 0 Å². The molecule has 1 unspecified atom stereocenters. The van der Waals surface area contributed by atoms with Crippen molar-refractivity contribution in [1.29, 1.82) is 0 Å². The standard InChI is InChI=1S/C17H25NO2/c1-5-6-18-10-15-13-7-12(11(2)3)8-14(13)17(20-4)9-16(15)19/h9-12,19H,5-8H2,1-4H3. The van der Waals surface area contributed by atoms with Crippen molar-refractivity contribution in [3.05, 3.63) is 22.8 Å². The van der Waals surface area contributed by atoms with Gasteiger partial charge in [0.05, 0.1) is 7.11 Å². The van der Waals surface area contributed by atoms with Crippen LogP contribution < -0.4 is 4.74 Å². The van der Waals surface area contributed by atoms with Crippen molar-refractivity contribution < 1.29 is 9.84 Å². The Morgan fingerprint density at radius 2 is 2.10 bits per heavy atom. The highest BCUT2D eigenvalue weighted by atomic mass is 16.5. The first-order valence-electron chi connectivity index (χ1n) is 7.50. The van der Waals surface area contributed by atoms with Gasteiger partial charge in [0.1, 0.15) is 11.5 Å². The van der Waals surface area contributed by atoms with Gasteiger partial charge in [-0.1, -0.05) is 20.8 Å². The molecule has 1 aliphatic rings. The number of phenolic OH excluding ortho intramolecular Hbond substituents is 1. The van der Waals surface area contributed by atoms with E-state index in [2.05, 4.69) is 25.8 Å². The fourth-order valence-corrected chi connectivity index (χ4v) is 2.89. The molecular weight excluding hydrogens is 250 g/mol. The van der Waals surface area contributed by atoms with E-state index in [-0.39, 0.29) is 5.75 Å². The van der Waals surface area contributed by atoms with Crippen molar-refractivity contribution in [1.82, 2.24) is 0 Å². The van der Waals surface area contributed by atoms with E-state index in [1.54, 1.807) is 13.2 Å². The summed E-state index contributed by atoms with van der Waals surface area (Å²) < 4.78 is 5.44. The van der Waals surface area contributed by atoms with E-state index in [1.807, 2.05) is 6.21 Å². The quantitative estimate of drug-likeness (QED) is 0.834. The zero-order chi connectivity index (χ0) is 14.7. The van der Waals surface area contributed by atoms with Crippen LogP contribution in [0.25, 0.3) is 0 Å². The molecular formula is C17H25NO2. The summed E-state index contributed by atoms with van der Waals surface area (Å²) in [5.74, 6) is 2.35. The van der Waals surface area contributed by atoms with E-state index in [1.165, 1.54) is 11.1 Å². The summed E-state index contributed by atoms with van der Waals surface area (Å²) in [4.78, 5) is 4.40. The molecule has 1 atom stereocenters. The molecule has 0 aromatic heterocycles. The summed E-state index contributed by atoms with van der Waals surface area (Å²) in [7, 11) is 1.67. The summed E-state index contributed by atoms with van der Waals surface area (Å²) in [6.45, 7) is 7.42. The second-order valence-electron chi connectivity index (χ2n) is 5.92. The van der Waals surface area contributed by atoms with Gasteiger partial charge in [-0.15, -0.1) is 0 Å². The molecule has 3 nitrogen and oxygen atoms in total. The lowest BCUT2D eigenvalue weighted by Gasteiger charge is -2.12. The number of aromatic hydroxyl groups is 1. The minimum Gasteiger partial charge on any atom is -0.507 e. The second kappa shape index (κ2) is 6.29. The van der Waals surface area contributed by atoms with Crippen LogP contribution in [-0.4, -0.2) is 25.0 Å². The van der Waals surface area contributed by atoms with Gasteiger partial charge >= 0.3 is 0 Å². The lowest BCUT2D eigenvalue weighted by molar-refractivity contribution is 0.388. The maximum atomic E-state index is 10.2. The van der Waals surface area contributed by atoms with E-state index in [0.29, 0.717) is 11.8 Å². The lowest BCUT2D eigenvalue weighted by atomic mass is 9.93. The third-order valence-corrected chi connectivity index (χ3v) is 4.20. The van der Waals surface area contributed by atoms with Crippen molar-refractivity contribution >= 4 is 6.21 Å². The number of hydrogen-bond acceptors (Lipinski definition) is 3. The predicted molar refractivity (Wildman–Crippen MR) is 83.1 cm³/mol. The van der Waals surface area contributed by atoms with Crippen LogP contribution in [0.3, 0.4) is 0 Å². The molecule has 0 fully saturated rings. The second-order valence-corrected chi connectivity index (χ2v) is 5.92. The molecule has 0 radical (unpaired) electrons. The van der Waals surface area contributed by atoms with Gasteiger partial charge < -0.3 is 9.84 Å². The molecule has 1 aliphatic carbocycles. The molecule has 0 saturated heterocycles. The Kier molecular flexibility index (Phi) is 4.69. The number of nitrogens with zero attached hydrogens (tertiary/aromatic N) is 1. The highest BCUT2D eigenvalue weighted by Crippen LogP contribution is 2.41. The largest absolute Gasteiger partial charge is 0.507 e. The number of ether oxygens (including phenoxy) is 1. The van der Waals surface area contributed by atoms with E-state index >= 15 is 0 Å². The fourth-order valence-electron chi connectivity index (χ4n) is 2.89. The average Bonchev–Trinajstić information content (AvgIpc) is 2.86. The first kappa shape index (κ1) is 14.9. The average molecular weight is 275 g/mol. The molecule has 0 spiro atoms. The predicted octanol–water partition coefficient (Wildman–Crippen LogP) is 3.60. The zero-order valence-corrected chi connectivity index (χ0v) is 12.9. The van der Waals surface area contributed by atoms with Crippen LogP contribution in [0.15, 0.2) is 11.1 Å². The van der Waals surface area contributed by atoms with E-state index in [9.17, 15) is 5.11 Å². The van der Waals surface area contributed by atoms with Crippen LogP contribution in [0.5, 0.6) is 11.5 Å². The van der Waals surface area contributed by atoms with Crippen molar-refractivity contribution in [2.24, 2.45) is 16.8 Å². The van der Waals surface area contributed by atoms with Crippen LogP contribution in [0, 0.1) is 11.8 Å². The Morgan fingerprint density at radius 1 is 1.40 bits per heavy atom. The highest BCUT2D eigenvalue weighted by Gasteiger charge is 2.30. The molecule has 0 amide bonds. The zero-order valence-electron chi connectivity index (χ0n) is 12.9. The van der Waals surface area contributed by atoms with Gasteiger partial charge in [-0.2, -0.15) is 0 Å². The number of fused-ring (bicyclic) bond motifs is 1. The van der Waals surface area contributed by atoms with Crippen molar-refractivity contribution in [3.63, 3.8) is 0 Å². The Balaban J connectivity index is 2.43. The first-order valence-corrected chi connectivity index (χ1v) is 7.50. The highest BCUT2D eigenvalue weighted by molar-refractivity contribution is 5.87. The maximum absolute atomic E-state index is 10.2. The summed E-state index contributed by atoms with van der Waals surface area (Å²) in [6, 6.07) is 1.73. The Morgan fingerprint density at radius 3 is 2.70 bits per heavy atom. The van der Waals surface area contributed by atoms with E-state index < -0.39 is 0 Å². The van der Waals surface area contributed by atoms with E-state index in [0.717, 1.165) is 37.1 Å². The number of aliphatic imine (C=N–C) groups is 1. The van der Waals surface area contributed by atoms with Crippen LogP contribution >= 0.6 is 0 Å². The number of phenols is 1. The van der Waals surface area contributed by atoms with E-state index in [4.69, 9.17) is 4.74 Å². The molecule has 0 bridgehead atoms. The Hall–Kier alpha value is -1.51. The topological polar surface area (TPSA) is 41.8 Å². The molecule has 0 heterocycles. The minimum atomic E-state index is 0.282. The lowest BCUT2D eigenvalue weighted by Crippen LogP contribution is -2.08. The summed E-state index contributed by atoms with van der Waals surface area (Å²) in [6.07, 6.45) is 4.89. The molecule has 2 rings (SSSR count). The fraction of sp³-hybridized carbons (Fsp3) is 0.588. The Labute approximate surface area is 121 Å². The maximum Gasteiger partial charge on any atom is 0.128 e. The monoisotopic (exact) mass is 275 g/mol. The van der Waals surface area contributed by atoms with Gasteiger partial charge in [-0.3, -0.25) is 4.99 Å². The summed E-state index contributed by atoms with van der Waals surface area (Å²) >= 11 is 0. The van der Waals surface area contributed by atoms with Crippen molar-refractivity contribution in [2.75, 3.05) is 13.7 Å². The number of benzene rings is 1. The molecule has 3 heteroatoms. The summed E-state index contributed by atoms with van der Waals surface area (Å²) in [5.41, 5.74) is 3.36. The smallest absolute Gasteiger partial charge is 0.128 e. The minimum absolute atomic E-state index is 0.282. The molecule has 0 saturated carbocycles. The Bertz CT molecular complexity index is 506. The van der Waals surface area contributed by atoms with Gasteiger partial charge in [0.2, 0.25) is 0 Å². The SMILES string of the molecule is CCCN=Cc1c(O)cc(OC)c2c1CC(C(C)C)C2. The molecule has 1 aromatic rings. The summed E-state index contributed by atoms with van der Waals surface area (Å²) in [5, 5.41) is 10.2. The number of methoxy groups -OCH3 is 1. The van der Waals surface area contributed by atoms with Crippen LogP contribution in [0.2, 0.25) is 0 Å². The molecule has 20 heavy (non-hydrogen) atoms. The van der Waals surface area contributed by atoms with Gasteiger partial charge in [0, 0.05) is 24.4 Å². The van der Waals surface area contributed by atoms with Gasteiger partial charge in [-0.05, 0) is 42.2 Å². The van der Waals surface area contributed by atoms with Crippen LogP contribution in [-0.2, 0) is 12.8 Å². The molecule has 0 aliphatic heterocycles. The molecule has 110 valence electrons.